The predicted octanol–water partition coefficient (Wildman–Crippen LogP) is 1.18. The molecule has 1 saturated heterocycles. The van der Waals surface area contributed by atoms with Crippen molar-refractivity contribution in [3.05, 3.63) is 0 Å². The third-order valence-electron chi connectivity index (χ3n) is 4.03. The van der Waals surface area contributed by atoms with E-state index in [0.29, 0.717) is 6.61 Å². The molecule has 94 valence electrons. The number of nitrogens with zero attached hydrogens (tertiary/aromatic N) is 2. The molecule has 0 aromatic carbocycles. The van der Waals surface area contributed by atoms with Gasteiger partial charge < -0.3 is 10.0 Å². The largest absolute Gasteiger partial charge is 0.395 e. The highest BCUT2D eigenvalue weighted by atomic mass is 16.3. The van der Waals surface area contributed by atoms with Crippen LogP contribution in [0.3, 0.4) is 0 Å². The highest BCUT2D eigenvalue weighted by Crippen LogP contribution is 2.26. The molecule has 0 amide bonds. The Labute approximate surface area is 99.4 Å². The molecule has 0 spiro atoms. The SMILES string of the molecule is CC1CCN(CCN(CCO)C2CC2)CC1. The average Bonchev–Trinajstić information content (AvgIpc) is 3.10. The minimum atomic E-state index is 0.313. The van der Waals surface area contributed by atoms with Gasteiger partial charge in [-0.2, -0.15) is 0 Å². The number of piperidine rings is 1. The molecule has 0 aromatic heterocycles. The van der Waals surface area contributed by atoms with E-state index in [1.54, 1.807) is 0 Å². The fourth-order valence-electron chi connectivity index (χ4n) is 2.60. The van der Waals surface area contributed by atoms with Crippen LogP contribution in [0.2, 0.25) is 0 Å². The highest BCUT2D eigenvalue weighted by molar-refractivity contribution is 4.85. The van der Waals surface area contributed by atoms with E-state index in [-0.39, 0.29) is 0 Å². The molecule has 2 fully saturated rings. The van der Waals surface area contributed by atoms with E-state index < -0.39 is 0 Å². The number of hydrogen-bond donors (Lipinski definition) is 1. The van der Waals surface area contributed by atoms with Crippen LogP contribution < -0.4 is 0 Å². The first-order chi connectivity index (χ1) is 7.79. The van der Waals surface area contributed by atoms with E-state index in [1.807, 2.05) is 0 Å². The van der Waals surface area contributed by atoms with Crippen molar-refractivity contribution in [2.24, 2.45) is 5.92 Å². The molecule has 0 radical (unpaired) electrons. The number of rotatable bonds is 6. The van der Waals surface area contributed by atoms with Crippen molar-refractivity contribution in [3.8, 4) is 0 Å². The third kappa shape index (κ3) is 3.72. The average molecular weight is 226 g/mol. The van der Waals surface area contributed by atoms with E-state index in [0.717, 1.165) is 25.0 Å². The Morgan fingerprint density at radius 1 is 1.12 bits per heavy atom. The molecule has 2 rings (SSSR count). The van der Waals surface area contributed by atoms with Gasteiger partial charge in [0.1, 0.15) is 0 Å². The molecular weight excluding hydrogens is 200 g/mol. The van der Waals surface area contributed by atoms with Crippen LogP contribution >= 0.6 is 0 Å². The lowest BCUT2D eigenvalue weighted by Crippen LogP contribution is -2.40. The summed E-state index contributed by atoms with van der Waals surface area (Å²) in [6, 6.07) is 0.788. The van der Waals surface area contributed by atoms with E-state index in [9.17, 15) is 0 Å². The molecule has 1 aliphatic carbocycles. The van der Waals surface area contributed by atoms with Gasteiger partial charge in [-0.3, -0.25) is 4.90 Å². The standard InChI is InChI=1S/C13H26N2O/c1-12-4-6-14(7-5-12)8-9-15(10-11-16)13-2-3-13/h12-13,16H,2-11H2,1H3. The molecule has 3 heteroatoms. The van der Waals surface area contributed by atoms with Crippen LogP contribution in [0.4, 0.5) is 0 Å². The maximum absolute atomic E-state index is 9.03. The molecule has 0 unspecified atom stereocenters. The van der Waals surface area contributed by atoms with Crippen LogP contribution in [-0.4, -0.2) is 60.3 Å². The first-order valence-corrected chi connectivity index (χ1v) is 6.87. The molecule has 0 bridgehead atoms. The van der Waals surface area contributed by atoms with E-state index >= 15 is 0 Å². The van der Waals surface area contributed by atoms with Crippen molar-refractivity contribution in [2.45, 2.75) is 38.6 Å². The van der Waals surface area contributed by atoms with Crippen LogP contribution in [0.25, 0.3) is 0 Å². The maximum atomic E-state index is 9.03. The fraction of sp³-hybridized carbons (Fsp3) is 1.00. The number of aliphatic hydroxyl groups is 1. The maximum Gasteiger partial charge on any atom is 0.0558 e. The zero-order chi connectivity index (χ0) is 11.4. The van der Waals surface area contributed by atoms with Crippen LogP contribution in [0, 0.1) is 5.92 Å². The zero-order valence-electron chi connectivity index (χ0n) is 10.6. The van der Waals surface area contributed by atoms with Gasteiger partial charge in [0, 0.05) is 25.7 Å². The molecule has 1 aliphatic heterocycles. The molecule has 1 N–H and O–H groups in total. The second-order valence-corrected chi connectivity index (χ2v) is 5.51. The van der Waals surface area contributed by atoms with Crippen molar-refractivity contribution in [1.82, 2.24) is 9.80 Å². The quantitative estimate of drug-likeness (QED) is 0.736. The minimum Gasteiger partial charge on any atom is -0.395 e. The highest BCUT2D eigenvalue weighted by Gasteiger charge is 2.28. The lowest BCUT2D eigenvalue weighted by Gasteiger charge is -2.32. The smallest absolute Gasteiger partial charge is 0.0558 e. The first-order valence-electron chi connectivity index (χ1n) is 6.87. The summed E-state index contributed by atoms with van der Waals surface area (Å²) in [6.45, 7) is 8.45. The Kier molecular flexibility index (Phi) is 4.62. The summed E-state index contributed by atoms with van der Waals surface area (Å²) in [5.41, 5.74) is 0. The lowest BCUT2D eigenvalue weighted by atomic mass is 9.99. The van der Waals surface area contributed by atoms with Gasteiger partial charge in [-0.1, -0.05) is 6.92 Å². The molecule has 2 aliphatic rings. The summed E-state index contributed by atoms with van der Waals surface area (Å²) < 4.78 is 0. The van der Waals surface area contributed by atoms with Gasteiger partial charge in [0.15, 0.2) is 0 Å². The van der Waals surface area contributed by atoms with Crippen LogP contribution in [0.1, 0.15) is 32.6 Å². The van der Waals surface area contributed by atoms with E-state index in [4.69, 9.17) is 5.11 Å². The van der Waals surface area contributed by atoms with Gasteiger partial charge in [0.05, 0.1) is 6.61 Å². The predicted molar refractivity (Wildman–Crippen MR) is 66.5 cm³/mol. The summed E-state index contributed by atoms with van der Waals surface area (Å²) in [6.07, 6.45) is 5.42. The molecule has 0 atom stereocenters. The first kappa shape index (κ1) is 12.3. The van der Waals surface area contributed by atoms with Crippen molar-refractivity contribution in [3.63, 3.8) is 0 Å². The van der Waals surface area contributed by atoms with Gasteiger partial charge in [-0.15, -0.1) is 0 Å². The second-order valence-electron chi connectivity index (χ2n) is 5.51. The number of likely N-dealkylation sites (tertiary alicyclic amines) is 1. The number of aliphatic hydroxyl groups excluding tert-OH is 1. The summed E-state index contributed by atoms with van der Waals surface area (Å²) >= 11 is 0. The fourth-order valence-corrected chi connectivity index (χ4v) is 2.60. The van der Waals surface area contributed by atoms with Gasteiger partial charge in [0.2, 0.25) is 0 Å². The van der Waals surface area contributed by atoms with Crippen molar-refractivity contribution in [2.75, 3.05) is 39.3 Å². The zero-order valence-corrected chi connectivity index (χ0v) is 10.6. The molecule has 1 heterocycles. The Balaban J connectivity index is 1.65. The van der Waals surface area contributed by atoms with Gasteiger partial charge in [-0.25, -0.2) is 0 Å². The minimum absolute atomic E-state index is 0.313. The van der Waals surface area contributed by atoms with Crippen LogP contribution in [0.15, 0.2) is 0 Å². The molecule has 3 nitrogen and oxygen atoms in total. The van der Waals surface area contributed by atoms with Crippen LogP contribution in [0.5, 0.6) is 0 Å². The monoisotopic (exact) mass is 226 g/mol. The van der Waals surface area contributed by atoms with E-state index in [2.05, 4.69) is 16.7 Å². The molecule has 0 aromatic rings. The van der Waals surface area contributed by atoms with Crippen LogP contribution in [-0.2, 0) is 0 Å². The third-order valence-corrected chi connectivity index (χ3v) is 4.03. The summed E-state index contributed by atoms with van der Waals surface area (Å²) in [5.74, 6) is 0.924. The molecular formula is C13H26N2O. The second kappa shape index (κ2) is 5.99. The Morgan fingerprint density at radius 3 is 2.38 bits per heavy atom. The summed E-state index contributed by atoms with van der Waals surface area (Å²) in [4.78, 5) is 5.06. The van der Waals surface area contributed by atoms with Crippen molar-refractivity contribution < 1.29 is 5.11 Å². The van der Waals surface area contributed by atoms with Gasteiger partial charge in [0.25, 0.3) is 0 Å². The Bertz CT molecular complexity index is 198. The Morgan fingerprint density at radius 2 is 1.81 bits per heavy atom. The van der Waals surface area contributed by atoms with E-state index in [1.165, 1.54) is 45.3 Å². The number of hydrogen-bond acceptors (Lipinski definition) is 3. The van der Waals surface area contributed by atoms with Crippen molar-refractivity contribution in [1.29, 1.82) is 0 Å². The summed E-state index contributed by atoms with van der Waals surface area (Å²) in [5, 5.41) is 9.03. The van der Waals surface area contributed by atoms with Crippen molar-refractivity contribution >= 4 is 0 Å². The molecule has 1 saturated carbocycles. The van der Waals surface area contributed by atoms with Gasteiger partial charge in [-0.05, 0) is 44.7 Å². The van der Waals surface area contributed by atoms with Gasteiger partial charge >= 0.3 is 0 Å². The Hall–Kier alpha value is -0.120. The topological polar surface area (TPSA) is 26.7 Å². The normalized spacial score (nSPS) is 24.2. The lowest BCUT2D eigenvalue weighted by molar-refractivity contribution is 0.140. The molecule has 16 heavy (non-hydrogen) atoms. The summed E-state index contributed by atoms with van der Waals surface area (Å²) in [7, 11) is 0.